The molecule has 2 heterocycles. The predicted molar refractivity (Wildman–Crippen MR) is 130 cm³/mol. The molecule has 1 N–H and O–H groups in total. The molecule has 2 amide bonds. The lowest BCUT2D eigenvalue weighted by Crippen LogP contribution is -2.41. The zero-order chi connectivity index (χ0) is 23.2. The Labute approximate surface area is 197 Å². The highest BCUT2D eigenvalue weighted by Crippen LogP contribution is 2.34. The molecule has 0 unspecified atom stereocenters. The summed E-state index contributed by atoms with van der Waals surface area (Å²) in [5, 5.41) is 4.86. The van der Waals surface area contributed by atoms with Gasteiger partial charge in [0.2, 0.25) is 11.8 Å². The Morgan fingerprint density at radius 2 is 1.76 bits per heavy atom. The molecular weight excluding hydrogens is 438 g/mol. The number of carbonyl (C=O) groups excluding carboxylic acids is 2. The number of hydrogen-bond donors (Lipinski definition) is 1. The Hall–Kier alpha value is -3.36. The quantitative estimate of drug-likeness (QED) is 0.546. The summed E-state index contributed by atoms with van der Waals surface area (Å²) in [6, 6.07) is 17.1. The number of nitrogens with one attached hydrogen (secondary N) is 1. The number of benzene rings is 2. The lowest BCUT2D eigenvalue weighted by molar-refractivity contribution is -0.121. The Balaban J connectivity index is 1.43. The molecule has 0 atom stereocenters. The van der Waals surface area contributed by atoms with Crippen LogP contribution in [-0.4, -0.2) is 50.1 Å². The number of thiophene rings is 1. The van der Waals surface area contributed by atoms with Crippen LogP contribution in [0.5, 0.6) is 11.5 Å². The summed E-state index contributed by atoms with van der Waals surface area (Å²) in [6.45, 7) is 3.64. The van der Waals surface area contributed by atoms with Crippen LogP contribution >= 0.6 is 11.3 Å². The Kier molecular flexibility index (Phi) is 7.26. The highest BCUT2D eigenvalue weighted by atomic mass is 32.1. The normalized spacial score (nSPS) is 12.5. The summed E-state index contributed by atoms with van der Waals surface area (Å²) in [5.41, 5.74) is 2.59. The molecule has 0 spiro atoms. The summed E-state index contributed by atoms with van der Waals surface area (Å²) in [5.74, 6) is 1.04. The van der Waals surface area contributed by atoms with Crippen LogP contribution in [0, 0.1) is 6.92 Å². The number of fused-ring (bicyclic) bond motifs is 1. The number of nitrogens with zero attached hydrogens (tertiary/aromatic N) is 2. The first kappa shape index (κ1) is 22.8. The van der Waals surface area contributed by atoms with Crippen molar-refractivity contribution >= 4 is 34.5 Å². The maximum Gasteiger partial charge on any atom is 0.241 e. The Morgan fingerprint density at radius 1 is 1.00 bits per heavy atom. The molecule has 3 aromatic rings. The van der Waals surface area contributed by atoms with Crippen molar-refractivity contribution in [3.63, 3.8) is 0 Å². The highest BCUT2D eigenvalue weighted by Gasteiger charge is 2.22. The number of carbonyl (C=O) groups is 2. The van der Waals surface area contributed by atoms with E-state index in [2.05, 4.69) is 5.32 Å². The molecule has 8 heteroatoms. The third-order valence-electron chi connectivity index (χ3n) is 5.19. The van der Waals surface area contributed by atoms with Gasteiger partial charge in [0.1, 0.15) is 13.2 Å². The topological polar surface area (TPSA) is 71.1 Å². The molecule has 1 aliphatic heterocycles. The molecule has 1 aromatic heterocycles. The number of anilines is 2. The SMILES string of the molecule is Cc1ccc(NC(=O)CN(C)CC(=O)N(Cc2cccs2)c2ccc3c(c2)OCCO3)cc1. The van der Waals surface area contributed by atoms with Crippen molar-refractivity contribution < 1.29 is 19.1 Å². The molecule has 1 aliphatic rings. The average molecular weight is 466 g/mol. The van der Waals surface area contributed by atoms with Gasteiger partial charge >= 0.3 is 0 Å². The van der Waals surface area contributed by atoms with Gasteiger partial charge in [-0.15, -0.1) is 11.3 Å². The molecule has 0 saturated heterocycles. The minimum atomic E-state index is -0.168. The first-order valence-corrected chi connectivity index (χ1v) is 11.6. The second kappa shape index (κ2) is 10.5. The molecular formula is C25H27N3O4S. The summed E-state index contributed by atoms with van der Waals surface area (Å²) < 4.78 is 11.3. The van der Waals surface area contributed by atoms with E-state index < -0.39 is 0 Å². The number of likely N-dealkylation sites (N-methyl/N-ethyl adjacent to an activating group) is 1. The molecule has 0 fully saturated rings. The van der Waals surface area contributed by atoms with Crippen molar-refractivity contribution in [2.75, 3.05) is 43.6 Å². The molecule has 4 rings (SSSR count). The fourth-order valence-corrected chi connectivity index (χ4v) is 4.23. The van der Waals surface area contributed by atoms with Crippen LogP contribution in [-0.2, 0) is 16.1 Å². The number of hydrogen-bond acceptors (Lipinski definition) is 6. The number of ether oxygens (including phenoxy) is 2. The summed E-state index contributed by atoms with van der Waals surface area (Å²) in [4.78, 5) is 30.3. The Bertz CT molecular complexity index is 1100. The van der Waals surface area contributed by atoms with Crippen LogP contribution in [0.2, 0.25) is 0 Å². The van der Waals surface area contributed by atoms with Gasteiger partial charge in [-0.05, 0) is 49.7 Å². The van der Waals surface area contributed by atoms with Crippen LogP contribution in [0.4, 0.5) is 11.4 Å². The van der Waals surface area contributed by atoms with Gasteiger partial charge in [0.05, 0.1) is 19.6 Å². The van der Waals surface area contributed by atoms with E-state index in [9.17, 15) is 9.59 Å². The van der Waals surface area contributed by atoms with Gasteiger partial charge in [0.25, 0.3) is 0 Å². The molecule has 172 valence electrons. The molecule has 2 aromatic carbocycles. The van der Waals surface area contributed by atoms with E-state index >= 15 is 0 Å². The van der Waals surface area contributed by atoms with E-state index in [-0.39, 0.29) is 24.9 Å². The maximum absolute atomic E-state index is 13.3. The number of amides is 2. The van der Waals surface area contributed by atoms with Crippen LogP contribution in [0.3, 0.4) is 0 Å². The summed E-state index contributed by atoms with van der Waals surface area (Å²) >= 11 is 1.60. The molecule has 7 nitrogen and oxygen atoms in total. The largest absolute Gasteiger partial charge is 0.486 e. The third kappa shape index (κ3) is 6.12. The highest BCUT2D eigenvalue weighted by molar-refractivity contribution is 7.09. The number of rotatable bonds is 8. The van der Waals surface area contributed by atoms with Crippen molar-refractivity contribution in [1.29, 1.82) is 0 Å². The van der Waals surface area contributed by atoms with E-state index in [0.29, 0.717) is 31.3 Å². The predicted octanol–water partition coefficient (Wildman–Crippen LogP) is 3.93. The van der Waals surface area contributed by atoms with Gasteiger partial charge < -0.3 is 19.7 Å². The molecule has 0 bridgehead atoms. The standard InChI is InChI=1S/C25H27N3O4S/c1-18-5-7-19(8-6-18)26-24(29)16-27(2)17-25(30)28(15-21-4-3-13-33-21)20-9-10-22-23(14-20)32-12-11-31-22/h3-10,13-14H,11-12,15-17H2,1-2H3,(H,26,29). The van der Waals surface area contributed by atoms with Gasteiger partial charge in [-0.3, -0.25) is 14.5 Å². The van der Waals surface area contributed by atoms with E-state index in [1.54, 1.807) is 28.2 Å². The van der Waals surface area contributed by atoms with E-state index in [1.165, 1.54) is 0 Å². The lowest BCUT2D eigenvalue weighted by Gasteiger charge is -2.27. The smallest absolute Gasteiger partial charge is 0.241 e. The van der Waals surface area contributed by atoms with Crippen LogP contribution in [0.25, 0.3) is 0 Å². The van der Waals surface area contributed by atoms with Crippen molar-refractivity contribution in [1.82, 2.24) is 4.90 Å². The molecule has 0 radical (unpaired) electrons. The number of aryl methyl sites for hydroxylation is 1. The first-order valence-electron chi connectivity index (χ1n) is 10.8. The zero-order valence-corrected chi connectivity index (χ0v) is 19.6. The lowest BCUT2D eigenvalue weighted by atomic mass is 10.2. The monoisotopic (exact) mass is 465 g/mol. The molecule has 33 heavy (non-hydrogen) atoms. The average Bonchev–Trinajstić information content (AvgIpc) is 3.32. The molecule has 0 aliphatic carbocycles. The van der Waals surface area contributed by atoms with Gasteiger partial charge in [0, 0.05) is 22.3 Å². The van der Waals surface area contributed by atoms with Crippen molar-refractivity contribution in [2.24, 2.45) is 0 Å². The fourth-order valence-electron chi connectivity index (χ4n) is 3.54. The molecule has 0 saturated carbocycles. The second-order valence-electron chi connectivity index (χ2n) is 7.97. The fraction of sp³-hybridized carbons (Fsp3) is 0.280. The van der Waals surface area contributed by atoms with Crippen molar-refractivity contribution in [3.05, 3.63) is 70.4 Å². The van der Waals surface area contributed by atoms with Gasteiger partial charge in [-0.1, -0.05) is 23.8 Å². The van der Waals surface area contributed by atoms with Gasteiger partial charge in [-0.25, -0.2) is 0 Å². The minimum Gasteiger partial charge on any atom is -0.486 e. The Morgan fingerprint density at radius 3 is 2.48 bits per heavy atom. The van der Waals surface area contributed by atoms with Crippen LogP contribution in [0.15, 0.2) is 60.0 Å². The van der Waals surface area contributed by atoms with Crippen LogP contribution < -0.4 is 19.7 Å². The van der Waals surface area contributed by atoms with Gasteiger partial charge in [-0.2, -0.15) is 0 Å². The van der Waals surface area contributed by atoms with E-state index in [1.807, 2.05) is 66.9 Å². The summed E-state index contributed by atoms with van der Waals surface area (Å²) in [7, 11) is 1.76. The maximum atomic E-state index is 13.3. The van der Waals surface area contributed by atoms with E-state index in [4.69, 9.17) is 9.47 Å². The zero-order valence-electron chi connectivity index (χ0n) is 18.7. The van der Waals surface area contributed by atoms with Gasteiger partial charge in [0.15, 0.2) is 11.5 Å². The third-order valence-corrected chi connectivity index (χ3v) is 6.05. The van der Waals surface area contributed by atoms with Crippen molar-refractivity contribution in [3.8, 4) is 11.5 Å². The first-order chi connectivity index (χ1) is 16.0. The van der Waals surface area contributed by atoms with E-state index in [0.717, 1.165) is 21.8 Å². The second-order valence-corrected chi connectivity index (χ2v) is 9.01. The van der Waals surface area contributed by atoms with Crippen molar-refractivity contribution in [2.45, 2.75) is 13.5 Å². The van der Waals surface area contributed by atoms with Crippen LogP contribution in [0.1, 0.15) is 10.4 Å². The summed E-state index contributed by atoms with van der Waals surface area (Å²) in [6.07, 6.45) is 0. The minimum absolute atomic E-state index is 0.0983.